The molecule has 0 bridgehead atoms. The minimum Gasteiger partial charge on any atom is -0.399 e. The number of hydrogen-bond donors (Lipinski definition) is 1. The highest BCUT2D eigenvalue weighted by Gasteiger charge is 2.08. The van der Waals surface area contributed by atoms with Gasteiger partial charge in [0, 0.05) is 12.1 Å². The molecule has 0 aliphatic heterocycles. The van der Waals surface area contributed by atoms with E-state index in [0.29, 0.717) is 12.3 Å². The van der Waals surface area contributed by atoms with Crippen molar-refractivity contribution in [2.75, 3.05) is 5.73 Å². The number of anilines is 1. The highest BCUT2D eigenvalue weighted by atomic mass is 14.5. The van der Waals surface area contributed by atoms with E-state index in [1.165, 1.54) is 5.56 Å². The van der Waals surface area contributed by atoms with Gasteiger partial charge >= 0.3 is 0 Å². The third-order valence-corrected chi connectivity index (χ3v) is 2.21. The maximum Gasteiger partial charge on any atom is 0.0628 e. The van der Waals surface area contributed by atoms with Crippen LogP contribution in [0.5, 0.6) is 0 Å². The van der Waals surface area contributed by atoms with Gasteiger partial charge in [-0.05, 0) is 30.0 Å². The van der Waals surface area contributed by atoms with E-state index in [1.54, 1.807) is 0 Å². The van der Waals surface area contributed by atoms with Crippen LogP contribution in [0.15, 0.2) is 24.3 Å². The fourth-order valence-corrected chi connectivity index (χ4v) is 1.42. The van der Waals surface area contributed by atoms with Crippen molar-refractivity contribution >= 4 is 5.69 Å². The smallest absolute Gasteiger partial charge is 0.0628 e. The van der Waals surface area contributed by atoms with Crippen molar-refractivity contribution in [1.29, 1.82) is 5.26 Å². The SMILES string of the molecule is CCC(CC#N)c1cccc(N)c1. The summed E-state index contributed by atoms with van der Waals surface area (Å²) in [5, 5.41) is 8.62. The highest BCUT2D eigenvalue weighted by Crippen LogP contribution is 2.23. The van der Waals surface area contributed by atoms with Crippen LogP contribution >= 0.6 is 0 Å². The average molecular weight is 174 g/mol. The van der Waals surface area contributed by atoms with E-state index in [0.717, 1.165) is 12.1 Å². The molecule has 2 heteroatoms. The molecule has 0 aliphatic rings. The minimum atomic E-state index is 0.327. The molecular formula is C11H14N2. The Morgan fingerprint density at radius 2 is 2.31 bits per heavy atom. The number of nitriles is 1. The van der Waals surface area contributed by atoms with E-state index >= 15 is 0 Å². The minimum absolute atomic E-state index is 0.327. The first-order chi connectivity index (χ1) is 6.27. The number of nitrogen functional groups attached to an aromatic ring is 1. The Morgan fingerprint density at radius 1 is 1.54 bits per heavy atom. The molecule has 0 amide bonds. The van der Waals surface area contributed by atoms with E-state index in [4.69, 9.17) is 11.0 Å². The lowest BCUT2D eigenvalue weighted by Crippen LogP contribution is -1.97. The maximum atomic E-state index is 8.62. The first-order valence-electron chi connectivity index (χ1n) is 4.50. The quantitative estimate of drug-likeness (QED) is 0.716. The molecular weight excluding hydrogens is 160 g/mol. The predicted molar refractivity (Wildman–Crippen MR) is 54.1 cm³/mol. The summed E-state index contributed by atoms with van der Waals surface area (Å²) in [6.45, 7) is 2.09. The molecule has 0 radical (unpaired) electrons. The molecule has 0 spiro atoms. The zero-order chi connectivity index (χ0) is 9.68. The van der Waals surface area contributed by atoms with Crippen LogP contribution in [-0.4, -0.2) is 0 Å². The van der Waals surface area contributed by atoms with E-state index in [9.17, 15) is 0 Å². The zero-order valence-corrected chi connectivity index (χ0v) is 7.83. The number of hydrogen-bond acceptors (Lipinski definition) is 2. The Bertz CT molecular complexity index is 312. The molecule has 1 aromatic rings. The van der Waals surface area contributed by atoms with E-state index in [2.05, 4.69) is 13.0 Å². The predicted octanol–water partition coefficient (Wildman–Crippen LogP) is 2.68. The van der Waals surface area contributed by atoms with Gasteiger partial charge in [0.1, 0.15) is 0 Å². The zero-order valence-electron chi connectivity index (χ0n) is 7.83. The van der Waals surface area contributed by atoms with Crippen LogP contribution in [0.3, 0.4) is 0 Å². The molecule has 1 rings (SSSR count). The largest absolute Gasteiger partial charge is 0.399 e. The van der Waals surface area contributed by atoms with Gasteiger partial charge in [0.25, 0.3) is 0 Å². The van der Waals surface area contributed by atoms with E-state index in [1.807, 2.05) is 24.3 Å². The van der Waals surface area contributed by atoms with Gasteiger partial charge in [0.2, 0.25) is 0 Å². The molecule has 0 saturated carbocycles. The average Bonchev–Trinajstić information content (AvgIpc) is 2.14. The van der Waals surface area contributed by atoms with Gasteiger partial charge in [-0.1, -0.05) is 19.1 Å². The monoisotopic (exact) mass is 174 g/mol. The third-order valence-electron chi connectivity index (χ3n) is 2.21. The van der Waals surface area contributed by atoms with E-state index < -0.39 is 0 Å². The molecule has 0 fully saturated rings. The molecule has 2 nitrogen and oxygen atoms in total. The second-order valence-electron chi connectivity index (χ2n) is 3.14. The molecule has 13 heavy (non-hydrogen) atoms. The Labute approximate surface area is 79.0 Å². The van der Waals surface area contributed by atoms with Crippen molar-refractivity contribution in [3.8, 4) is 6.07 Å². The van der Waals surface area contributed by atoms with Gasteiger partial charge in [-0.15, -0.1) is 0 Å². The number of nitrogens with zero attached hydrogens (tertiary/aromatic N) is 1. The van der Waals surface area contributed by atoms with Gasteiger partial charge in [-0.2, -0.15) is 5.26 Å². The van der Waals surface area contributed by atoms with Crippen molar-refractivity contribution in [1.82, 2.24) is 0 Å². The van der Waals surface area contributed by atoms with Gasteiger partial charge in [0.05, 0.1) is 6.07 Å². The summed E-state index contributed by atoms with van der Waals surface area (Å²) in [6.07, 6.45) is 1.55. The second-order valence-corrected chi connectivity index (χ2v) is 3.14. The first kappa shape index (κ1) is 9.60. The van der Waals surface area contributed by atoms with Crippen molar-refractivity contribution in [2.45, 2.75) is 25.7 Å². The number of nitrogens with two attached hydrogens (primary N) is 1. The summed E-state index contributed by atoms with van der Waals surface area (Å²) in [5.41, 5.74) is 7.61. The second kappa shape index (κ2) is 4.51. The Kier molecular flexibility index (Phi) is 3.33. The van der Waals surface area contributed by atoms with Gasteiger partial charge in [-0.25, -0.2) is 0 Å². The van der Waals surface area contributed by atoms with Crippen molar-refractivity contribution in [2.24, 2.45) is 0 Å². The molecule has 1 unspecified atom stereocenters. The highest BCUT2D eigenvalue weighted by molar-refractivity contribution is 5.41. The lowest BCUT2D eigenvalue weighted by Gasteiger charge is -2.11. The van der Waals surface area contributed by atoms with Crippen molar-refractivity contribution in [3.63, 3.8) is 0 Å². The molecule has 2 N–H and O–H groups in total. The summed E-state index contributed by atoms with van der Waals surface area (Å²) in [4.78, 5) is 0. The summed E-state index contributed by atoms with van der Waals surface area (Å²) in [7, 11) is 0. The molecule has 0 saturated heterocycles. The lowest BCUT2D eigenvalue weighted by molar-refractivity contribution is 0.681. The van der Waals surface area contributed by atoms with Crippen LogP contribution < -0.4 is 5.73 Å². The number of rotatable bonds is 3. The number of benzene rings is 1. The lowest BCUT2D eigenvalue weighted by atomic mass is 9.94. The Morgan fingerprint density at radius 3 is 2.85 bits per heavy atom. The fourth-order valence-electron chi connectivity index (χ4n) is 1.42. The molecule has 0 aromatic heterocycles. The first-order valence-corrected chi connectivity index (χ1v) is 4.50. The Balaban J connectivity index is 2.86. The van der Waals surface area contributed by atoms with Gasteiger partial charge in [-0.3, -0.25) is 0 Å². The molecule has 0 heterocycles. The molecule has 1 aromatic carbocycles. The Hall–Kier alpha value is -1.49. The van der Waals surface area contributed by atoms with E-state index in [-0.39, 0.29) is 0 Å². The van der Waals surface area contributed by atoms with Crippen LogP contribution in [0.2, 0.25) is 0 Å². The topological polar surface area (TPSA) is 49.8 Å². The summed E-state index contributed by atoms with van der Waals surface area (Å²) in [6, 6.07) is 9.97. The summed E-state index contributed by atoms with van der Waals surface area (Å²) in [5.74, 6) is 0.327. The van der Waals surface area contributed by atoms with Crippen molar-refractivity contribution < 1.29 is 0 Å². The summed E-state index contributed by atoms with van der Waals surface area (Å²) < 4.78 is 0. The molecule has 68 valence electrons. The molecule has 1 atom stereocenters. The van der Waals surface area contributed by atoms with Gasteiger partial charge in [0.15, 0.2) is 0 Å². The normalized spacial score (nSPS) is 12.0. The maximum absolute atomic E-state index is 8.62. The standard InChI is InChI=1S/C11H14N2/c1-2-9(6-7-12)10-4-3-5-11(13)8-10/h3-5,8-9H,2,6,13H2,1H3. The summed E-state index contributed by atoms with van der Waals surface area (Å²) >= 11 is 0. The van der Waals surface area contributed by atoms with Crippen molar-refractivity contribution in [3.05, 3.63) is 29.8 Å². The van der Waals surface area contributed by atoms with Crippen LogP contribution in [0.25, 0.3) is 0 Å². The molecule has 0 aliphatic carbocycles. The fraction of sp³-hybridized carbons (Fsp3) is 0.364. The van der Waals surface area contributed by atoms with Crippen LogP contribution in [0.1, 0.15) is 31.2 Å². The third kappa shape index (κ3) is 2.48. The van der Waals surface area contributed by atoms with Gasteiger partial charge < -0.3 is 5.73 Å². The van der Waals surface area contributed by atoms with Crippen LogP contribution in [0.4, 0.5) is 5.69 Å². The van der Waals surface area contributed by atoms with Crippen LogP contribution in [-0.2, 0) is 0 Å². The van der Waals surface area contributed by atoms with Crippen LogP contribution in [0, 0.1) is 11.3 Å².